The van der Waals surface area contributed by atoms with Crippen LogP contribution < -0.4 is 10.9 Å². The predicted octanol–water partition coefficient (Wildman–Crippen LogP) is 3.99. The number of rotatable bonds is 3. The second kappa shape index (κ2) is 5.76. The van der Waals surface area contributed by atoms with Gasteiger partial charge in [0.25, 0.3) is 0 Å². The molecule has 110 valence electrons. The molecule has 1 aromatic heterocycles. The average Bonchev–Trinajstić information content (AvgIpc) is 2.47. The van der Waals surface area contributed by atoms with E-state index >= 15 is 0 Å². The molecule has 0 spiro atoms. The maximum Gasteiger partial charge on any atom is 0.248 e. The zero-order valence-electron chi connectivity index (χ0n) is 12.6. The fourth-order valence-corrected chi connectivity index (χ4v) is 3.04. The van der Waals surface area contributed by atoms with Gasteiger partial charge in [0.15, 0.2) is 0 Å². The van der Waals surface area contributed by atoms with Crippen LogP contribution in [0.5, 0.6) is 0 Å². The van der Waals surface area contributed by atoms with Crippen molar-refractivity contribution in [3.05, 3.63) is 63.6 Å². The van der Waals surface area contributed by atoms with Gasteiger partial charge in [0.2, 0.25) is 5.56 Å². The third-order valence-corrected chi connectivity index (χ3v) is 4.23. The van der Waals surface area contributed by atoms with Crippen LogP contribution in [0.2, 0.25) is 0 Å². The van der Waals surface area contributed by atoms with Crippen molar-refractivity contribution in [3.8, 4) is 0 Å². The molecule has 3 heteroatoms. The van der Waals surface area contributed by atoms with Crippen molar-refractivity contribution < 1.29 is 0 Å². The molecule has 1 aromatic carbocycles. The average molecular weight is 282 g/mol. The van der Waals surface area contributed by atoms with E-state index in [1.54, 1.807) is 6.07 Å². The number of pyridine rings is 1. The van der Waals surface area contributed by atoms with E-state index in [4.69, 9.17) is 0 Å². The number of anilines is 1. The topological polar surface area (TPSA) is 44.9 Å². The number of benzene rings is 1. The Bertz CT molecular complexity index is 688. The van der Waals surface area contributed by atoms with Crippen molar-refractivity contribution in [2.75, 3.05) is 5.32 Å². The van der Waals surface area contributed by atoms with Crippen LogP contribution in [0.25, 0.3) is 0 Å². The molecule has 3 rings (SSSR count). The van der Waals surface area contributed by atoms with Gasteiger partial charge in [0, 0.05) is 17.4 Å². The van der Waals surface area contributed by atoms with E-state index in [1.165, 1.54) is 11.1 Å². The molecule has 1 aliphatic rings. The van der Waals surface area contributed by atoms with Crippen LogP contribution in [0.4, 0.5) is 5.69 Å². The Morgan fingerprint density at radius 3 is 2.90 bits per heavy atom. The van der Waals surface area contributed by atoms with Crippen LogP contribution >= 0.6 is 0 Å². The molecule has 1 unspecified atom stereocenters. The van der Waals surface area contributed by atoms with Crippen molar-refractivity contribution in [3.63, 3.8) is 0 Å². The number of nitrogens with one attached hydrogen (secondary N) is 2. The first-order valence-corrected chi connectivity index (χ1v) is 7.72. The lowest BCUT2D eigenvalue weighted by molar-refractivity contribution is 0.587. The summed E-state index contributed by atoms with van der Waals surface area (Å²) in [5, 5.41) is 3.63. The van der Waals surface area contributed by atoms with E-state index in [1.807, 2.05) is 6.07 Å². The number of hydrogen-bond donors (Lipinski definition) is 2. The normalized spacial score (nSPS) is 17.6. The number of H-pyrrole nitrogens is 1. The van der Waals surface area contributed by atoms with Crippen LogP contribution in [0, 0.1) is 0 Å². The lowest BCUT2D eigenvalue weighted by atomic mass is 9.91. The Kier molecular flexibility index (Phi) is 3.82. The standard InChI is InChI=1S/C18H22N2O/c1-12(2)13-5-3-6-14(11-13)19-16-7-4-8-17-15(16)9-10-18(21)20-17/h3,5-6,9-12,16,19H,4,7-8H2,1-2H3,(H,20,21). The summed E-state index contributed by atoms with van der Waals surface area (Å²) >= 11 is 0. The SMILES string of the molecule is CC(C)c1cccc(NC2CCCc3[nH]c(=O)ccc32)c1. The van der Waals surface area contributed by atoms with Gasteiger partial charge in [-0.25, -0.2) is 0 Å². The number of aromatic amines is 1. The van der Waals surface area contributed by atoms with Crippen LogP contribution in [0.1, 0.15) is 55.5 Å². The Morgan fingerprint density at radius 1 is 1.24 bits per heavy atom. The van der Waals surface area contributed by atoms with Gasteiger partial charge < -0.3 is 10.3 Å². The Balaban J connectivity index is 1.87. The lowest BCUT2D eigenvalue weighted by Crippen LogP contribution is -2.21. The first-order valence-electron chi connectivity index (χ1n) is 7.72. The van der Waals surface area contributed by atoms with E-state index in [9.17, 15) is 4.79 Å². The van der Waals surface area contributed by atoms with Crippen LogP contribution in [-0.4, -0.2) is 4.98 Å². The predicted molar refractivity (Wildman–Crippen MR) is 86.9 cm³/mol. The van der Waals surface area contributed by atoms with Crippen LogP contribution in [-0.2, 0) is 6.42 Å². The molecule has 21 heavy (non-hydrogen) atoms. The van der Waals surface area contributed by atoms with E-state index in [0.29, 0.717) is 5.92 Å². The van der Waals surface area contributed by atoms with Gasteiger partial charge in [0.05, 0.1) is 6.04 Å². The van der Waals surface area contributed by atoms with Gasteiger partial charge in [-0.15, -0.1) is 0 Å². The van der Waals surface area contributed by atoms with Crippen molar-refractivity contribution >= 4 is 5.69 Å². The Morgan fingerprint density at radius 2 is 2.10 bits per heavy atom. The quantitative estimate of drug-likeness (QED) is 0.894. The van der Waals surface area contributed by atoms with Gasteiger partial charge in [-0.05, 0) is 54.5 Å². The first kappa shape index (κ1) is 13.9. The van der Waals surface area contributed by atoms with Gasteiger partial charge in [-0.3, -0.25) is 4.79 Å². The smallest absolute Gasteiger partial charge is 0.248 e. The molecule has 1 atom stereocenters. The zero-order chi connectivity index (χ0) is 14.8. The van der Waals surface area contributed by atoms with E-state index in [2.05, 4.69) is 48.4 Å². The van der Waals surface area contributed by atoms with E-state index in [0.717, 1.165) is 30.6 Å². The zero-order valence-corrected chi connectivity index (χ0v) is 12.6. The molecule has 2 aromatic rings. The van der Waals surface area contributed by atoms with Crippen LogP contribution in [0.15, 0.2) is 41.2 Å². The largest absolute Gasteiger partial charge is 0.378 e. The molecular formula is C18H22N2O. The van der Waals surface area contributed by atoms with Gasteiger partial charge >= 0.3 is 0 Å². The highest BCUT2D eigenvalue weighted by atomic mass is 16.1. The molecular weight excluding hydrogens is 260 g/mol. The minimum atomic E-state index is -0.00351. The van der Waals surface area contributed by atoms with E-state index < -0.39 is 0 Å². The minimum Gasteiger partial charge on any atom is -0.378 e. The van der Waals surface area contributed by atoms with Crippen LogP contribution in [0.3, 0.4) is 0 Å². The van der Waals surface area contributed by atoms with E-state index in [-0.39, 0.29) is 11.6 Å². The monoisotopic (exact) mass is 282 g/mol. The summed E-state index contributed by atoms with van der Waals surface area (Å²) in [7, 11) is 0. The second-order valence-electron chi connectivity index (χ2n) is 6.13. The molecule has 0 amide bonds. The molecule has 0 fully saturated rings. The van der Waals surface area contributed by atoms with Crippen molar-refractivity contribution in [2.24, 2.45) is 0 Å². The molecule has 0 aliphatic heterocycles. The first-order chi connectivity index (χ1) is 10.1. The molecule has 0 bridgehead atoms. The Labute approximate surface area is 125 Å². The number of aromatic nitrogens is 1. The van der Waals surface area contributed by atoms with Gasteiger partial charge in [-0.1, -0.05) is 26.0 Å². The molecule has 2 N–H and O–H groups in total. The third kappa shape index (κ3) is 3.02. The molecule has 0 saturated heterocycles. The maximum atomic E-state index is 11.5. The summed E-state index contributed by atoms with van der Waals surface area (Å²) in [6, 6.07) is 12.5. The fourth-order valence-electron chi connectivity index (χ4n) is 3.04. The highest BCUT2D eigenvalue weighted by molar-refractivity contribution is 5.49. The molecule has 3 nitrogen and oxygen atoms in total. The number of hydrogen-bond acceptors (Lipinski definition) is 2. The van der Waals surface area contributed by atoms with Gasteiger partial charge in [-0.2, -0.15) is 0 Å². The number of fused-ring (bicyclic) bond motifs is 1. The van der Waals surface area contributed by atoms with Crippen molar-refractivity contribution in [1.29, 1.82) is 0 Å². The summed E-state index contributed by atoms with van der Waals surface area (Å²) in [4.78, 5) is 14.4. The number of aryl methyl sites for hydroxylation is 1. The highest BCUT2D eigenvalue weighted by Gasteiger charge is 2.20. The molecule has 1 aliphatic carbocycles. The maximum absolute atomic E-state index is 11.5. The fraction of sp³-hybridized carbons (Fsp3) is 0.389. The Hall–Kier alpha value is -2.03. The van der Waals surface area contributed by atoms with Crippen molar-refractivity contribution in [2.45, 2.75) is 45.1 Å². The van der Waals surface area contributed by atoms with Gasteiger partial charge in [0.1, 0.15) is 0 Å². The summed E-state index contributed by atoms with van der Waals surface area (Å²) in [5.41, 5.74) is 4.82. The molecule has 1 heterocycles. The highest BCUT2D eigenvalue weighted by Crippen LogP contribution is 2.31. The molecule has 0 radical (unpaired) electrons. The summed E-state index contributed by atoms with van der Waals surface area (Å²) < 4.78 is 0. The van der Waals surface area contributed by atoms with Crippen molar-refractivity contribution in [1.82, 2.24) is 4.98 Å². The summed E-state index contributed by atoms with van der Waals surface area (Å²) in [5.74, 6) is 0.529. The summed E-state index contributed by atoms with van der Waals surface area (Å²) in [6.07, 6.45) is 3.18. The second-order valence-corrected chi connectivity index (χ2v) is 6.13. The minimum absolute atomic E-state index is 0.00351. The molecule has 0 saturated carbocycles. The third-order valence-electron chi connectivity index (χ3n) is 4.23. The summed E-state index contributed by atoms with van der Waals surface area (Å²) in [6.45, 7) is 4.42. The lowest BCUT2D eigenvalue weighted by Gasteiger charge is -2.27.